The maximum absolute atomic E-state index is 8.98. The van der Waals surface area contributed by atoms with Crippen molar-refractivity contribution in [2.75, 3.05) is 7.11 Å². The van der Waals surface area contributed by atoms with Crippen molar-refractivity contribution in [1.29, 1.82) is 5.26 Å². The smallest absolute Gasteiger partial charge is 0.136 e. The van der Waals surface area contributed by atoms with E-state index >= 15 is 0 Å². The van der Waals surface area contributed by atoms with Gasteiger partial charge in [-0.3, -0.25) is 0 Å². The van der Waals surface area contributed by atoms with Crippen molar-refractivity contribution >= 4 is 0 Å². The Balaban J connectivity index is 2.77. The minimum absolute atomic E-state index is 0.132. The Labute approximate surface area is 103 Å². The zero-order valence-corrected chi connectivity index (χ0v) is 10.9. The first-order chi connectivity index (χ1) is 8.02. The summed E-state index contributed by atoms with van der Waals surface area (Å²) in [6.07, 6.45) is 0.953. The van der Waals surface area contributed by atoms with Crippen molar-refractivity contribution in [3.63, 3.8) is 0 Å². The maximum atomic E-state index is 8.98. The Bertz CT molecular complexity index is 419. The second kappa shape index (κ2) is 5.70. The summed E-state index contributed by atoms with van der Waals surface area (Å²) in [5.74, 6) is 0.603. The molecule has 0 saturated carbocycles. The molecular formula is C14H19NO2. The second-order valence-corrected chi connectivity index (χ2v) is 4.55. The highest BCUT2D eigenvalue weighted by Gasteiger charge is 2.15. The molecule has 17 heavy (non-hydrogen) atoms. The van der Waals surface area contributed by atoms with E-state index in [1.54, 1.807) is 13.2 Å². The molecule has 1 rings (SSSR count). The number of nitrogens with zero attached hydrogens (tertiary/aromatic N) is 1. The normalized spacial score (nSPS) is 11.0. The van der Waals surface area contributed by atoms with E-state index in [2.05, 4.69) is 26.8 Å². The molecule has 0 aromatic heterocycles. The molecule has 92 valence electrons. The minimum Gasteiger partial charge on any atom is -0.495 e. The Morgan fingerprint density at radius 1 is 1.35 bits per heavy atom. The van der Waals surface area contributed by atoms with Crippen LogP contribution < -0.4 is 4.74 Å². The highest BCUT2D eigenvalue weighted by Crippen LogP contribution is 2.21. The van der Waals surface area contributed by atoms with Gasteiger partial charge >= 0.3 is 0 Å². The van der Waals surface area contributed by atoms with Gasteiger partial charge in [0.05, 0.1) is 24.9 Å². The highest BCUT2D eigenvalue weighted by atomic mass is 16.5. The van der Waals surface area contributed by atoms with Crippen molar-refractivity contribution in [3.05, 3.63) is 29.3 Å². The van der Waals surface area contributed by atoms with Gasteiger partial charge in [0.15, 0.2) is 0 Å². The number of hydrogen-bond donors (Lipinski definition) is 0. The lowest BCUT2D eigenvalue weighted by Crippen LogP contribution is -2.22. The van der Waals surface area contributed by atoms with E-state index in [-0.39, 0.29) is 5.60 Å². The number of rotatable bonds is 5. The van der Waals surface area contributed by atoms with Crippen LogP contribution in [0.2, 0.25) is 0 Å². The van der Waals surface area contributed by atoms with Gasteiger partial charge in [-0.05, 0) is 38.0 Å². The van der Waals surface area contributed by atoms with E-state index < -0.39 is 0 Å². The SMILES string of the molecule is CCC(C)(C)OCc1ccc(OC)c(C#N)c1. The fourth-order valence-electron chi connectivity index (χ4n) is 1.31. The van der Waals surface area contributed by atoms with Gasteiger partial charge in [0.2, 0.25) is 0 Å². The predicted molar refractivity (Wildman–Crippen MR) is 66.9 cm³/mol. The molecule has 0 saturated heterocycles. The van der Waals surface area contributed by atoms with Crippen LogP contribution >= 0.6 is 0 Å². The molecule has 0 aliphatic heterocycles. The van der Waals surface area contributed by atoms with Crippen LogP contribution in [0.25, 0.3) is 0 Å². The van der Waals surface area contributed by atoms with Crippen LogP contribution in [0.1, 0.15) is 38.3 Å². The molecule has 3 heteroatoms. The van der Waals surface area contributed by atoms with Gasteiger partial charge in [0, 0.05) is 0 Å². The first kappa shape index (κ1) is 13.5. The van der Waals surface area contributed by atoms with E-state index in [0.29, 0.717) is 17.9 Å². The zero-order chi connectivity index (χ0) is 12.9. The lowest BCUT2D eigenvalue weighted by molar-refractivity contribution is -0.0316. The second-order valence-electron chi connectivity index (χ2n) is 4.55. The Kier molecular flexibility index (Phi) is 4.53. The topological polar surface area (TPSA) is 42.2 Å². The summed E-state index contributed by atoms with van der Waals surface area (Å²) in [5, 5.41) is 8.98. The van der Waals surface area contributed by atoms with E-state index in [1.807, 2.05) is 12.1 Å². The summed E-state index contributed by atoms with van der Waals surface area (Å²) in [7, 11) is 1.56. The third-order valence-electron chi connectivity index (χ3n) is 2.87. The molecule has 1 aromatic rings. The monoisotopic (exact) mass is 233 g/mol. The average Bonchev–Trinajstić information content (AvgIpc) is 2.36. The van der Waals surface area contributed by atoms with Crippen molar-refractivity contribution < 1.29 is 9.47 Å². The summed E-state index contributed by atoms with van der Waals surface area (Å²) < 4.78 is 10.9. The molecule has 0 N–H and O–H groups in total. The first-order valence-corrected chi connectivity index (χ1v) is 5.73. The van der Waals surface area contributed by atoms with E-state index in [4.69, 9.17) is 14.7 Å². The molecule has 0 unspecified atom stereocenters. The molecule has 0 amide bonds. The summed E-state index contributed by atoms with van der Waals surface area (Å²) in [6, 6.07) is 7.65. The Hall–Kier alpha value is -1.53. The van der Waals surface area contributed by atoms with Crippen LogP contribution in [0.3, 0.4) is 0 Å². The molecule has 0 spiro atoms. The number of ether oxygens (including phenoxy) is 2. The van der Waals surface area contributed by atoms with Crippen molar-refractivity contribution in [2.24, 2.45) is 0 Å². The maximum Gasteiger partial charge on any atom is 0.136 e. The van der Waals surface area contributed by atoms with Gasteiger partial charge < -0.3 is 9.47 Å². The third-order valence-corrected chi connectivity index (χ3v) is 2.87. The predicted octanol–water partition coefficient (Wildman–Crippen LogP) is 3.27. The van der Waals surface area contributed by atoms with Crippen molar-refractivity contribution in [3.8, 4) is 11.8 Å². The number of hydrogen-bond acceptors (Lipinski definition) is 3. The van der Waals surface area contributed by atoms with Gasteiger partial charge in [-0.1, -0.05) is 13.0 Å². The van der Waals surface area contributed by atoms with Gasteiger partial charge in [-0.2, -0.15) is 5.26 Å². The van der Waals surface area contributed by atoms with Gasteiger partial charge in [0.25, 0.3) is 0 Å². The summed E-state index contributed by atoms with van der Waals surface area (Å²) in [4.78, 5) is 0. The molecule has 0 radical (unpaired) electrons. The third kappa shape index (κ3) is 3.76. The van der Waals surface area contributed by atoms with Crippen LogP contribution in [0.5, 0.6) is 5.75 Å². The van der Waals surface area contributed by atoms with Crippen LogP contribution in [0, 0.1) is 11.3 Å². The van der Waals surface area contributed by atoms with Crippen LogP contribution in [0.4, 0.5) is 0 Å². The molecule has 0 aliphatic rings. The molecule has 1 aromatic carbocycles. The molecule has 0 heterocycles. The Morgan fingerprint density at radius 3 is 2.59 bits per heavy atom. The molecule has 0 bridgehead atoms. The first-order valence-electron chi connectivity index (χ1n) is 5.73. The van der Waals surface area contributed by atoms with E-state index in [9.17, 15) is 0 Å². The molecule has 0 aliphatic carbocycles. The van der Waals surface area contributed by atoms with Gasteiger partial charge in [-0.25, -0.2) is 0 Å². The van der Waals surface area contributed by atoms with Crippen molar-refractivity contribution in [2.45, 2.75) is 39.4 Å². The molecular weight excluding hydrogens is 214 g/mol. The molecule has 0 atom stereocenters. The standard InChI is InChI=1S/C14H19NO2/c1-5-14(2,3)17-10-11-6-7-13(16-4)12(8-11)9-15/h6-8H,5,10H2,1-4H3. The largest absolute Gasteiger partial charge is 0.495 e. The zero-order valence-electron chi connectivity index (χ0n) is 10.9. The van der Waals surface area contributed by atoms with E-state index in [0.717, 1.165) is 12.0 Å². The number of nitriles is 1. The van der Waals surface area contributed by atoms with Crippen LogP contribution in [-0.2, 0) is 11.3 Å². The van der Waals surface area contributed by atoms with Crippen molar-refractivity contribution in [1.82, 2.24) is 0 Å². The number of methoxy groups -OCH3 is 1. The summed E-state index contributed by atoms with van der Waals surface area (Å²) in [5.41, 5.74) is 1.40. The fraction of sp³-hybridized carbons (Fsp3) is 0.500. The summed E-state index contributed by atoms with van der Waals surface area (Å²) >= 11 is 0. The molecule has 3 nitrogen and oxygen atoms in total. The lowest BCUT2D eigenvalue weighted by Gasteiger charge is -2.23. The highest BCUT2D eigenvalue weighted by molar-refractivity contribution is 5.45. The average molecular weight is 233 g/mol. The van der Waals surface area contributed by atoms with Gasteiger partial charge in [-0.15, -0.1) is 0 Å². The summed E-state index contributed by atoms with van der Waals surface area (Å²) in [6.45, 7) is 6.72. The number of benzene rings is 1. The van der Waals surface area contributed by atoms with Crippen LogP contribution in [-0.4, -0.2) is 12.7 Å². The van der Waals surface area contributed by atoms with Gasteiger partial charge in [0.1, 0.15) is 11.8 Å². The molecule has 0 fully saturated rings. The van der Waals surface area contributed by atoms with Crippen LogP contribution in [0.15, 0.2) is 18.2 Å². The Morgan fingerprint density at radius 2 is 2.06 bits per heavy atom. The minimum atomic E-state index is -0.132. The fourth-order valence-corrected chi connectivity index (χ4v) is 1.31. The van der Waals surface area contributed by atoms with E-state index in [1.165, 1.54) is 0 Å². The lowest BCUT2D eigenvalue weighted by atomic mass is 10.1. The quantitative estimate of drug-likeness (QED) is 0.783.